The molecule has 1 N–H and O–H groups in total. The number of hydrogen-bond acceptors (Lipinski definition) is 3. The maximum atomic E-state index is 12.2. The average Bonchev–Trinajstić information content (AvgIpc) is 2.85. The highest BCUT2D eigenvalue weighted by Gasteiger charge is 2.35. The molecule has 132 valence electrons. The van der Waals surface area contributed by atoms with Gasteiger partial charge in [0.1, 0.15) is 5.75 Å². The molecule has 2 rings (SSSR count). The van der Waals surface area contributed by atoms with Gasteiger partial charge in [-0.15, -0.1) is 13.2 Å². The highest BCUT2D eigenvalue weighted by atomic mass is 19.4. The van der Waals surface area contributed by atoms with Crippen LogP contribution >= 0.6 is 0 Å². The SMILES string of the molecule is CC(C)N1C[C@H](C(=O)NCc2cccc(OC(F)(F)F)c2)CC1=O. The number of nitrogens with zero attached hydrogens (tertiary/aromatic N) is 1. The fourth-order valence-corrected chi connectivity index (χ4v) is 2.59. The van der Waals surface area contributed by atoms with Crippen LogP contribution in [0.4, 0.5) is 13.2 Å². The van der Waals surface area contributed by atoms with Gasteiger partial charge in [-0.3, -0.25) is 9.59 Å². The van der Waals surface area contributed by atoms with Gasteiger partial charge < -0.3 is 15.0 Å². The van der Waals surface area contributed by atoms with Crippen molar-refractivity contribution in [3.8, 4) is 5.75 Å². The molecule has 0 bridgehead atoms. The Balaban J connectivity index is 1.91. The minimum absolute atomic E-state index is 0.0338. The van der Waals surface area contributed by atoms with E-state index in [9.17, 15) is 22.8 Å². The first-order chi connectivity index (χ1) is 11.2. The molecular formula is C16H19F3N2O3. The molecule has 24 heavy (non-hydrogen) atoms. The Morgan fingerprint density at radius 3 is 2.71 bits per heavy atom. The molecule has 1 saturated heterocycles. The Bertz CT molecular complexity index is 617. The van der Waals surface area contributed by atoms with E-state index in [0.29, 0.717) is 12.1 Å². The number of hydrogen-bond donors (Lipinski definition) is 1. The summed E-state index contributed by atoms with van der Waals surface area (Å²) >= 11 is 0. The lowest BCUT2D eigenvalue weighted by atomic mass is 10.1. The number of halogens is 3. The summed E-state index contributed by atoms with van der Waals surface area (Å²) in [7, 11) is 0. The van der Waals surface area contributed by atoms with Crippen LogP contribution in [0.1, 0.15) is 25.8 Å². The number of rotatable bonds is 5. The van der Waals surface area contributed by atoms with E-state index in [1.807, 2.05) is 13.8 Å². The summed E-state index contributed by atoms with van der Waals surface area (Å²) in [5.74, 6) is -1.12. The fourth-order valence-electron chi connectivity index (χ4n) is 2.59. The van der Waals surface area contributed by atoms with Crippen LogP contribution in [-0.2, 0) is 16.1 Å². The van der Waals surface area contributed by atoms with Crippen LogP contribution in [0, 0.1) is 5.92 Å². The second-order valence-corrected chi connectivity index (χ2v) is 5.95. The largest absolute Gasteiger partial charge is 0.573 e. The molecule has 2 amide bonds. The maximum absolute atomic E-state index is 12.2. The van der Waals surface area contributed by atoms with E-state index in [1.165, 1.54) is 18.2 Å². The van der Waals surface area contributed by atoms with Crippen molar-refractivity contribution in [1.82, 2.24) is 10.2 Å². The molecule has 8 heteroatoms. The molecule has 1 heterocycles. The van der Waals surface area contributed by atoms with Gasteiger partial charge in [0.15, 0.2) is 0 Å². The Labute approximate surface area is 137 Å². The van der Waals surface area contributed by atoms with E-state index < -0.39 is 12.3 Å². The zero-order chi connectivity index (χ0) is 17.9. The van der Waals surface area contributed by atoms with Gasteiger partial charge in [-0.1, -0.05) is 12.1 Å². The number of amides is 2. The lowest BCUT2D eigenvalue weighted by molar-refractivity contribution is -0.274. The van der Waals surface area contributed by atoms with Gasteiger partial charge in [-0.05, 0) is 31.5 Å². The van der Waals surface area contributed by atoms with Gasteiger partial charge in [-0.25, -0.2) is 0 Å². The molecule has 0 saturated carbocycles. The lowest BCUT2D eigenvalue weighted by Crippen LogP contribution is -2.35. The van der Waals surface area contributed by atoms with Crippen LogP contribution in [0.3, 0.4) is 0 Å². The normalized spacial score (nSPS) is 18.2. The van der Waals surface area contributed by atoms with E-state index in [-0.39, 0.29) is 36.6 Å². The number of likely N-dealkylation sites (tertiary alicyclic amines) is 1. The van der Waals surface area contributed by atoms with Crippen LogP contribution in [0.25, 0.3) is 0 Å². The van der Waals surface area contributed by atoms with Crippen LogP contribution in [0.5, 0.6) is 5.75 Å². The van der Waals surface area contributed by atoms with Crippen molar-refractivity contribution in [2.24, 2.45) is 5.92 Å². The second kappa shape index (κ2) is 7.11. The number of alkyl halides is 3. The molecule has 0 aliphatic carbocycles. The quantitative estimate of drug-likeness (QED) is 0.893. The van der Waals surface area contributed by atoms with Crippen molar-refractivity contribution in [2.75, 3.05) is 6.54 Å². The van der Waals surface area contributed by atoms with Crippen molar-refractivity contribution in [3.05, 3.63) is 29.8 Å². The summed E-state index contributed by atoms with van der Waals surface area (Å²) in [6, 6.07) is 5.45. The van der Waals surface area contributed by atoms with Crippen LogP contribution in [-0.4, -0.2) is 35.7 Å². The topological polar surface area (TPSA) is 58.6 Å². The molecule has 0 unspecified atom stereocenters. The molecule has 1 aliphatic heterocycles. The summed E-state index contributed by atoms with van der Waals surface area (Å²) in [6.07, 6.45) is -4.60. The van der Waals surface area contributed by atoms with Crippen LogP contribution in [0.15, 0.2) is 24.3 Å². The predicted molar refractivity (Wildman–Crippen MR) is 79.9 cm³/mol. The number of carbonyl (C=O) groups excluding carboxylic acids is 2. The summed E-state index contributed by atoms with van der Waals surface area (Å²) < 4.78 is 40.4. The number of carbonyl (C=O) groups is 2. The van der Waals surface area contributed by atoms with Crippen molar-refractivity contribution in [3.63, 3.8) is 0 Å². The van der Waals surface area contributed by atoms with Gasteiger partial charge in [-0.2, -0.15) is 0 Å². The Morgan fingerprint density at radius 1 is 1.42 bits per heavy atom. The van der Waals surface area contributed by atoms with E-state index in [2.05, 4.69) is 10.1 Å². The Kier molecular flexibility index (Phi) is 5.36. The lowest BCUT2D eigenvalue weighted by Gasteiger charge is -2.20. The molecular weight excluding hydrogens is 325 g/mol. The van der Waals surface area contributed by atoms with Crippen LogP contribution in [0.2, 0.25) is 0 Å². The molecule has 5 nitrogen and oxygen atoms in total. The highest BCUT2D eigenvalue weighted by Crippen LogP contribution is 2.24. The second-order valence-electron chi connectivity index (χ2n) is 5.95. The van der Waals surface area contributed by atoms with Gasteiger partial charge >= 0.3 is 6.36 Å². The van der Waals surface area contributed by atoms with Gasteiger partial charge in [0, 0.05) is 25.6 Å². The predicted octanol–water partition coefficient (Wildman–Crippen LogP) is 2.46. The Morgan fingerprint density at radius 2 is 2.12 bits per heavy atom. The molecule has 1 aromatic rings. The first-order valence-corrected chi connectivity index (χ1v) is 7.57. The molecule has 1 aliphatic rings. The van der Waals surface area contributed by atoms with E-state index >= 15 is 0 Å². The summed E-state index contributed by atoms with van der Waals surface area (Å²) in [4.78, 5) is 25.6. The van der Waals surface area contributed by atoms with Crippen molar-refractivity contribution < 1.29 is 27.5 Å². The van der Waals surface area contributed by atoms with Gasteiger partial charge in [0.05, 0.1) is 5.92 Å². The number of benzene rings is 1. The van der Waals surface area contributed by atoms with Crippen molar-refractivity contribution in [1.29, 1.82) is 0 Å². The van der Waals surface area contributed by atoms with E-state index in [1.54, 1.807) is 11.0 Å². The zero-order valence-corrected chi connectivity index (χ0v) is 13.4. The third kappa shape index (κ3) is 4.87. The first-order valence-electron chi connectivity index (χ1n) is 7.57. The molecule has 1 aromatic carbocycles. The fraction of sp³-hybridized carbons (Fsp3) is 0.500. The summed E-state index contributed by atoms with van der Waals surface area (Å²) in [5, 5.41) is 2.66. The van der Waals surface area contributed by atoms with Crippen molar-refractivity contribution in [2.45, 2.75) is 39.2 Å². The summed E-state index contributed by atoms with van der Waals surface area (Å²) in [5.41, 5.74) is 0.482. The van der Waals surface area contributed by atoms with E-state index in [0.717, 1.165) is 0 Å². The minimum Gasteiger partial charge on any atom is -0.406 e. The molecule has 1 fully saturated rings. The molecule has 0 aromatic heterocycles. The Hall–Kier alpha value is -2.25. The monoisotopic (exact) mass is 344 g/mol. The third-order valence-corrected chi connectivity index (χ3v) is 3.75. The molecule has 0 spiro atoms. The van der Waals surface area contributed by atoms with Crippen molar-refractivity contribution >= 4 is 11.8 Å². The van der Waals surface area contributed by atoms with Gasteiger partial charge in [0.25, 0.3) is 0 Å². The van der Waals surface area contributed by atoms with Crippen LogP contribution < -0.4 is 10.1 Å². The highest BCUT2D eigenvalue weighted by molar-refractivity contribution is 5.89. The summed E-state index contributed by atoms with van der Waals surface area (Å²) in [6.45, 7) is 4.19. The van der Waals surface area contributed by atoms with Gasteiger partial charge in [0.2, 0.25) is 11.8 Å². The van der Waals surface area contributed by atoms with E-state index in [4.69, 9.17) is 0 Å². The number of ether oxygens (including phenoxy) is 1. The standard InChI is InChI=1S/C16H19F3N2O3/c1-10(2)21-9-12(7-14(21)22)15(23)20-8-11-4-3-5-13(6-11)24-16(17,18)19/h3-6,10,12H,7-9H2,1-2H3,(H,20,23)/t12-/m1/s1. The third-order valence-electron chi connectivity index (χ3n) is 3.75. The zero-order valence-electron chi connectivity index (χ0n) is 13.4. The first kappa shape index (κ1) is 18.1. The molecule has 1 atom stereocenters. The maximum Gasteiger partial charge on any atom is 0.573 e. The minimum atomic E-state index is -4.76. The average molecular weight is 344 g/mol. The smallest absolute Gasteiger partial charge is 0.406 e. The molecule has 0 radical (unpaired) electrons. The number of nitrogens with one attached hydrogen (secondary N) is 1.